The molecule has 0 aromatic carbocycles. The Hall–Kier alpha value is -1.95. The van der Waals surface area contributed by atoms with E-state index >= 15 is 0 Å². The van der Waals surface area contributed by atoms with Crippen molar-refractivity contribution in [2.45, 2.75) is 32.1 Å². The summed E-state index contributed by atoms with van der Waals surface area (Å²) in [5, 5.41) is 3.23. The van der Waals surface area contributed by atoms with Crippen LogP contribution < -0.4 is 5.32 Å². The predicted octanol–water partition coefficient (Wildman–Crippen LogP) is 2.25. The maximum Gasteiger partial charge on any atom is 0.257 e. The van der Waals surface area contributed by atoms with Gasteiger partial charge in [-0.2, -0.15) is 0 Å². The van der Waals surface area contributed by atoms with Gasteiger partial charge in [0.05, 0.1) is 18.8 Å². The quantitative estimate of drug-likeness (QED) is 0.844. The van der Waals surface area contributed by atoms with E-state index in [0.717, 1.165) is 13.0 Å². The summed E-state index contributed by atoms with van der Waals surface area (Å²) in [4.78, 5) is 22.6. The lowest BCUT2D eigenvalue weighted by Crippen LogP contribution is -2.40. The Bertz CT molecular complexity index is 550. The van der Waals surface area contributed by atoms with Gasteiger partial charge in [0.15, 0.2) is 0 Å². The summed E-state index contributed by atoms with van der Waals surface area (Å²) in [6.07, 6.45) is 11.7. The molecule has 1 aliphatic carbocycles. The predicted molar refractivity (Wildman–Crippen MR) is 88.4 cm³/mol. The molecule has 0 spiro atoms. The highest BCUT2D eigenvalue weighted by Crippen LogP contribution is 2.19. The normalized spacial score (nSPS) is 18.4. The van der Waals surface area contributed by atoms with Crippen LogP contribution in [0.3, 0.4) is 0 Å². The zero-order valence-corrected chi connectivity index (χ0v) is 13.5. The maximum atomic E-state index is 12.3. The molecular weight excluding hydrogens is 292 g/mol. The second kappa shape index (κ2) is 8.06. The van der Waals surface area contributed by atoms with E-state index in [2.05, 4.69) is 21.4 Å². The van der Waals surface area contributed by atoms with Crippen molar-refractivity contribution < 1.29 is 9.53 Å². The van der Waals surface area contributed by atoms with Gasteiger partial charge in [-0.25, -0.2) is 9.97 Å². The molecule has 6 nitrogen and oxygen atoms in total. The van der Waals surface area contributed by atoms with Gasteiger partial charge in [0.1, 0.15) is 0 Å². The highest BCUT2D eigenvalue weighted by Gasteiger charge is 2.19. The number of morpholine rings is 1. The molecule has 0 bridgehead atoms. The van der Waals surface area contributed by atoms with Crippen LogP contribution in [0.4, 0.5) is 5.95 Å². The van der Waals surface area contributed by atoms with Crippen molar-refractivity contribution in [2.75, 3.05) is 38.2 Å². The van der Waals surface area contributed by atoms with Gasteiger partial charge in [-0.1, -0.05) is 11.6 Å². The van der Waals surface area contributed by atoms with E-state index in [4.69, 9.17) is 4.74 Å². The lowest BCUT2D eigenvalue weighted by atomic mass is 9.97. The van der Waals surface area contributed by atoms with Crippen molar-refractivity contribution in [3.05, 3.63) is 29.6 Å². The van der Waals surface area contributed by atoms with E-state index in [9.17, 15) is 4.79 Å². The largest absolute Gasteiger partial charge is 0.378 e. The third kappa shape index (κ3) is 4.51. The zero-order valence-electron chi connectivity index (χ0n) is 13.5. The first-order valence-electron chi connectivity index (χ1n) is 8.44. The number of amides is 1. The molecule has 1 N–H and O–H groups in total. The fourth-order valence-corrected chi connectivity index (χ4v) is 2.95. The molecule has 1 aromatic rings. The molecule has 0 atom stereocenters. The van der Waals surface area contributed by atoms with Crippen LogP contribution in [0.25, 0.3) is 0 Å². The first-order valence-corrected chi connectivity index (χ1v) is 8.44. The number of ether oxygens (including phenoxy) is 1. The Morgan fingerprint density at radius 3 is 2.70 bits per heavy atom. The summed E-state index contributed by atoms with van der Waals surface area (Å²) in [5.74, 6) is 0.562. The number of carbonyl (C=O) groups is 1. The Morgan fingerprint density at radius 2 is 2.00 bits per heavy atom. The van der Waals surface area contributed by atoms with E-state index in [-0.39, 0.29) is 5.91 Å². The van der Waals surface area contributed by atoms with Gasteiger partial charge in [-0.05, 0) is 32.1 Å². The average Bonchev–Trinajstić information content (AvgIpc) is 2.63. The summed E-state index contributed by atoms with van der Waals surface area (Å²) >= 11 is 0. The molecule has 3 rings (SSSR count). The molecule has 0 radical (unpaired) electrons. The molecule has 23 heavy (non-hydrogen) atoms. The van der Waals surface area contributed by atoms with Gasteiger partial charge in [0.25, 0.3) is 5.91 Å². The van der Waals surface area contributed by atoms with Gasteiger partial charge in [-0.3, -0.25) is 4.79 Å². The molecule has 2 aliphatic rings. The summed E-state index contributed by atoms with van der Waals surface area (Å²) < 4.78 is 5.26. The third-order valence-corrected chi connectivity index (χ3v) is 4.31. The maximum absolute atomic E-state index is 12.3. The van der Waals surface area contributed by atoms with Crippen LogP contribution in [0, 0.1) is 0 Å². The minimum Gasteiger partial charge on any atom is -0.378 e. The fourth-order valence-electron chi connectivity index (χ4n) is 2.95. The highest BCUT2D eigenvalue weighted by atomic mass is 16.5. The van der Waals surface area contributed by atoms with Crippen LogP contribution >= 0.6 is 0 Å². The number of carbonyl (C=O) groups excluding carboxylic acids is 1. The third-order valence-electron chi connectivity index (χ3n) is 4.31. The van der Waals surface area contributed by atoms with E-state index in [1.807, 2.05) is 0 Å². The van der Waals surface area contributed by atoms with Crippen molar-refractivity contribution in [1.29, 1.82) is 0 Å². The summed E-state index contributed by atoms with van der Waals surface area (Å²) in [6.45, 7) is 3.30. The molecule has 1 saturated heterocycles. The van der Waals surface area contributed by atoms with Crippen LogP contribution in [0.1, 0.15) is 42.5 Å². The lowest BCUT2D eigenvalue weighted by molar-refractivity contribution is 0.0302. The second-order valence-electron chi connectivity index (χ2n) is 5.98. The molecule has 1 aromatic heterocycles. The van der Waals surface area contributed by atoms with E-state index < -0.39 is 0 Å². The van der Waals surface area contributed by atoms with Crippen molar-refractivity contribution in [3.8, 4) is 0 Å². The minimum absolute atomic E-state index is 0.0211. The van der Waals surface area contributed by atoms with Gasteiger partial charge >= 0.3 is 0 Å². The van der Waals surface area contributed by atoms with Gasteiger partial charge in [0, 0.05) is 32.0 Å². The number of aromatic nitrogens is 2. The topological polar surface area (TPSA) is 67.4 Å². The molecule has 2 heterocycles. The first-order chi connectivity index (χ1) is 11.3. The number of rotatable bonds is 5. The lowest BCUT2D eigenvalue weighted by Gasteiger charge is -2.26. The van der Waals surface area contributed by atoms with Crippen LogP contribution in [-0.4, -0.2) is 53.6 Å². The molecule has 0 unspecified atom stereocenters. The van der Waals surface area contributed by atoms with Crippen LogP contribution in [0.2, 0.25) is 0 Å². The van der Waals surface area contributed by atoms with E-state index in [1.54, 1.807) is 17.3 Å². The van der Waals surface area contributed by atoms with Crippen LogP contribution in [0.5, 0.6) is 0 Å². The molecule has 0 saturated carbocycles. The number of allylic oxidation sites excluding steroid dienone is 1. The minimum atomic E-state index is -0.0211. The number of nitrogens with zero attached hydrogens (tertiary/aromatic N) is 3. The summed E-state index contributed by atoms with van der Waals surface area (Å²) in [6, 6.07) is 0. The average molecular weight is 316 g/mol. The molecule has 1 fully saturated rings. The summed E-state index contributed by atoms with van der Waals surface area (Å²) in [7, 11) is 0. The van der Waals surface area contributed by atoms with Gasteiger partial charge < -0.3 is 15.0 Å². The Morgan fingerprint density at radius 1 is 1.22 bits per heavy atom. The van der Waals surface area contributed by atoms with Crippen molar-refractivity contribution in [3.63, 3.8) is 0 Å². The Labute approximate surface area is 136 Å². The SMILES string of the molecule is O=C(c1cnc(NCCC2=CCCCC2)nc1)N1CCOCC1. The van der Waals surface area contributed by atoms with Crippen molar-refractivity contribution in [2.24, 2.45) is 0 Å². The van der Waals surface area contributed by atoms with Gasteiger partial charge in [-0.15, -0.1) is 0 Å². The second-order valence-corrected chi connectivity index (χ2v) is 5.98. The van der Waals surface area contributed by atoms with E-state index in [1.165, 1.54) is 31.3 Å². The number of anilines is 1. The molecule has 6 heteroatoms. The Kier molecular flexibility index (Phi) is 5.58. The molecule has 124 valence electrons. The Balaban J connectivity index is 1.48. The summed E-state index contributed by atoms with van der Waals surface area (Å²) in [5.41, 5.74) is 2.07. The first kappa shape index (κ1) is 15.9. The molecular formula is C17H24N4O2. The van der Waals surface area contributed by atoms with E-state index in [0.29, 0.717) is 37.8 Å². The smallest absolute Gasteiger partial charge is 0.257 e. The number of hydrogen-bond donors (Lipinski definition) is 1. The molecule has 1 amide bonds. The number of nitrogens with one attached hydrogen (secondary N) is 1. The van der Waals surface area contributed by atoms with Crippen LogP contribution in [0.15, 0.2) is 24.0 Å². The fraction of sp³-hybridized carbons (Fsp3) is 0.588. The highest BCUT2D eigenvalue weighted by molar-refractivity contribution is 5.93. The monoisotopic (exact) mass is 316 g/mol. The zero-order chi connectivity index (χ0) is 15.9. The van der Waals surface area contributed by atoms with Crippen LogP contribution in [-0.2, 0) is 4.74 Å². The standard InChI is InChI=1S/C17H24N4O2/c22-16(21-8-10-23-11-9-21)15-12-19-17(20-13-15)18-7-6-14-4-2-1-3-5-14/h4,12-13H,1-3,5-11H2,(H,18,19,20). The van der Waals surface area contributed by atoms with Gasteiger partial charge in [0.2, 0.25) is 5.95 Å². The molecule has 1 aliphatic heterocycles. The van der Waals surface area contributed by atoms with Crippen molar-refractivity contribution in [1.82, 2.24) is 14.9 Å². The number of hydrogen-bond acceptors (Lipinski definition) is 5. The van der Waals surface area contributed by atoms with Crippen molar-refractivity contribution >= 4 is 11.9 Å².